The number of methoxy groups -OCH3 is 2. The molecule has 0 aromatic rings. The fourth-order valence-corrected chi connectivity index (χ4v) is 1.58. The molecule has 0 spiro atoms. The van der Waals surface area contributed by atoms with E-state index in [0.29, 0.717) is 39.3 Å². The molecule has 0 heterocycles. The molecule has 7 nitrogen and oxygen atoms in total. The third-order valence-electron chi connectivity index (χ3n) is 2.49. The molecule has 0 aliphatic carbocycles. The summed E-state index contributed by atoms with van der Waals surface area (Å²) in [6.07, 6.45) is 0.710. The van der Waals surface area contributed by atoms with Crippen LogP contribution in [0.15, 0.2) is 0 Å². The lowest BCUT2D eigenvalue weighted by Crippen LogP contribution is -2.47. The maximum absolute atomic E-state index is 12.3. The van der Waals surface area contributed by atoms with E-state index in [2.05, 4.69) is 0 Å². The van der Waals surface area contributed by atoms with Crippen LogP contribution in [0, 0.1) is 0 Å². The van der Waals surface area contributed by atoms with Gasteiger partial charge in [0.1, 0.15) is 6.54 Å². The third-order valence-corrected chi connectivity index (χ3v) is 2.49. The van der Waals surface area contributed by atoms with Crippen molar-refractivity contribution in [3.05, 3.63) is 0 Å². The lowest BCUT2D eigenvalue weighted by atomic mass is 10.4. The van der Waals surface area contributed by atoms with E-state index in [1.807, 2.05) is 6.92 Å². The minimum Gasteiger partial charge on any atom is -0.480 e. The Bertz CT molecular complexity index is 265. The van der Waals surface area contributed by atoms with Gasteiger partial charge in [-0.3, -0.25) is 4.79 Å². The zero-order valence-corrected chi connectivity index (χ0v) is 11.9. The largest absolute Gasteiger partial charge is 0.480 e. The third kappa shape index (κ3) is 7.63. The Labute approximate surface area is 114 Å². The molecule has 0 fully saturated rings. The molecule has 0 atom stereocenters. The summed E-state index contributed by atoms with van der Waals surface area (Å²) in [5.41, 5.74) is 0. The molecule has 0 aromatic carbocycles. The molecular weight excluding hydrogens is 252 g/mol. The van der Waals surface area contributed by atoms with Crippen LogP contribution in [0.1, 0.15) is 13.3 Å². The van der Waals surface area contributed by atoms with E-state index in [1.54, 1.807) is 19.1 Å². The van der Waals surface area contributed by atoms with Gasteiger partial charge in [-0.2, -0.15) is 0 Å². The van der Waals surface area contributed by atoms with Crippen LogP contribution in [-0.4, -0.2) is 80.5 Å². The second-order valence-electron chi connectivity index (χ2n) is 4.07. The molecule has 0 aliphatic rings. The first kappa shape index (κ1) is 17.7. The average molecular weight is 276 g/mol. The van der Waals surface area contributed by atoms with Gasteiger partial charge in [0.2, 0.25) is 0 Å². The number of aliphatic carboxylic acids is 1. The molecule has 0 aliphatic heterocycles. The van der Waals surface area contributed by atoms with Crippen LogP contribution >= 0.6 is 0 Å². The van der Waals surface area contributed by atoms with E-state index in [9.17, 15) is 9.59 Å². The number of carbonyl (C=O) groups excluding carboxylic acids is 1. The van der Waals surface area contributed by atoms with Crippen molar-refractivity contribution in [3.8, 4) is 0 Å². The zero-order valence-electron chi connectivity index (χ0n) is 11.9. The number of carboxylic acid groups (broad SMARTS) is 1. The van der Waals surface area contributed by atoms with Gasteiger partial charge in [0.15, 0.2) is 0 Å². The van der Waals surface area contributed by atoms with Crippen LogP contribution in [0.5, 0.6) is 0 Å². The first-order valence-corrected chi connectivity index (χ1v) is 6.30. The van der Waals surface area contributed by atoms with Crippen molar-refractivity contribution in [2.45, 2.75) is 13.3 Å². The van der Waals surface area contributed by atoms with Crippen LogP contribution in [-0.2, 0) is 14.3 Å². The number of carboxylic acids is 1. The van der Waals surface area contributed by atoms with Gasteiger partial charge >= 0.3 is 12.0 Å². The van der Waals surface area contributed by atoms with Crippen LogP contribution in [0.2, 0.25) is 0 Å². The van der Waals surface area contributed by atoms with Crippen LogP contribution in [0.4, 0.5) is 4.79 Å². The van der Waals surface area contributed by atoms with Crippen molar-refractivity contribution in [1.82, 2.24) is 9.80 Å². The van der Waals surface area contributed by atoms with Crippen molar-refractivity contribution >= 4 is 12.0 Å². The van der Waals surface area contributed by atoms with Gasteiger partial charge < -0.3 is 24.4 Å². The van der Waals surface area contributed by atoms with E-state index in [4.69, 9.17) is 14.6 Å². The highest BCUT2D eigenvalue weighted by Gasteiger charge is 2.21. The smallest absolute Gasteiger partial charge is 0.323 e. The highest BCUT2D eigenvalue weighted by atomic mass is 16.5. The number of hydrogen-bond donors (Lipinski definition) is 1. The number of rotatable bonds is 10. The highest BCUT2D eigenvalue weighted by molar-refractivity contribution is 5.80. The molecular formula is C12H24N2O5. The van der Waals surface area contributed by atoms with E-state index >= 15 is 0 Å². The van der Waals surface area contributed by atoms with Gasteiger partial charge in [-0.25, -0.2) is 4.79 Å². The van der Waals surface area contributed by atoms with Crippen LogP contribution in [0.3, 0.4) is 0 Å². The van der Waals surface area contributed by atoms with Crippen molar-refractivity contribution in [2.75, 3.05) is 53.6 Å². The van der Waals surface area contributed by atoms with Gasteiger partial charge in [-0.1, -0.05) is 6.92 Å². The van der Waals surface area contributed by atoms with Crippen molar-refractivity contribution < 1.29 is 24.2 Å². The molecule has 112 valence electrons. The number of urea groups is 1. The molecule has 0 rings (SSSR count). The summed E-state index contributed by atoms with van der Waals surface area (Å²) in [5, 5.41) is 8.83. The molecule has 0 saturated carbocycles. The molecule has 0 saturated heterocycles. The number of carbonyl (C=O) groups is 2. The summed E-state index contributed by atoms with van der Waals surface area (Å²) in [4.78, 5) is 25.9. The second-order valence-corrected chi connectivity index (χ2v) is 4.07. The molecule has 19 heavy (non-hydrogen) atoms. The van der Waals surface area contributed by atoms with Gasteiger partial charge in [-0.15, -0.1) is 0 Å². The lowest BCUT2D eigenvalue weighted by Gasteiger charge is -2.29. The molecule has 0 unspecified atom stereocenters. The minimum absolute atomic E-state index is 0.289. The summed E-state index contributed by atoms with van der Waals surface area (Å²) in [7, 11) is 3.11. The molecule has 0 radical (unpaired) electrons. The Morgan fingerprint density at radius 1 is 1.00 bits per heavy atom. The van der Waals surface area contributed by atoms with Gasteiger partial charge in [0.25, 0.3) is 0 Å². The Morgan fingerprint density at radius 3 is 1.89 bits per heavy atom. The number of amides is 2. The predicted octanol–water partition coefficient (Wildman–Crippen LogP) is 0.498. The van der Waals surface area contributed by atoms with Crippen molar-refractivity contribution in [1.29, 1.82) is 0 Å². The summed E-state index contributed by atoms with van der Waals surface area (Å²) in [5.74, 6) is -1.01. The van der Waals surface area contributed by atoms with E-state index in [0.717, 1.165) is 0 Å². The topological polar surface area (TPSA) is 79.3 Å². The second kappa shape index (κ2) is 10.6. The maximum Gasteiger partial charge on any atom is 0.323 e. The fourth-order valence-electron chi connectivity index (χ4n) is 1.58. The Hall–Kier alpha value is -1.34. The average Bonchev–Trinajstić information content (AvgIpc) is 2.37. The van der Waals surface area contributed by atoms with Crippen molar-refractivity contribution in [2.24, 2.45) is 0 Å². The van der Waals surface area contributed by atoms with Gasteiger partial charge in [0, 0.05) is 33.9 Å². The molecule has 0 bridgehead atoms. The predicted molar refractivity (Wildman–Crippen MR) is 70.2 cm³/mol. The summed E-state index contributed by atoms with van der Waals surface area (Å²) in [6.45, 7) is 3.67. The van der Waals surface area contributed by atoms with Crippen molar-refractivity contribution in [3.63, 3.8) is 0 Å². The van der Waals surface area contributed by atoms with Crippen LogP contribution in [0.25, 0.3) is 0 Å². The van der Waals surface area contributed by atoms with Gasteiger partial charge in [-0.05, 0) is 6.42 Å². The first-order valence-electron chi connectivity index (χ1n) is 6.30. The lowest BCUT2D eigenvalue weighted by molar-refractivity contribution is -0.137. The normalized spacial score (nSPS) is 10.3. The van der Waals surface area contributed by atoms with E-state index in [1.165, 1.54) is 4.90 Å². The highest BCUT2D eigenvalue weighted by Crippen LogP contribution is 2.01. The quantitative estimate of drug-likeness (QED) is 0.628. The van der Waals surface area contributed by atoms with Crippen LogP contribution < -0.4 is 0 Å². The van der Waals surface area contributed by atoms with E-state index < -0.39 is 5.97 Å². The zero-order chi connectivity index (χ0) is 14.7. The standard InChI is InChI=1S/C12H24N2O5/c1-4-5-14(10-11(15)16)12(17)13(6-8-18-2)7-9-19-3/h4-10H2,1-3H3,(H,15,16). The SMILES string of the molecule is CCCN(CC(=O)O)C(=O)N(CCOC)CCOC. The fraction of sp³-hybridized carbons (Fsp3) is 0.833. The Balaban J connectivity index is 4.62. The molecule has 2 amide bonds. The van der Waals surface area contributed by atoms with Gasteiger partial charge in [0.05, 0.1) is 13.2 Å². The first-order chi connectivity index (χ1) is 9.06. The number of nitrogens with zero attached hydrogens (tertiary/aromatic N) is 2. The van der Waals surface area contributed by atoms with E-state index in [-0.39, 0.29) is 12.6 Å². The number of hydrogen-bond acceptors (Lipinski definition) is 4. The minimum atomic E-state index is -1.01. The maximum atomic E-state index is 12.3. The summed E-state index contributed by atoms with van der Waals surface area (Å²) in [6, 6.07) is -0.293. The summed E-state index contributed by atoms with van der Waals surface area (Å²) < 4.78 is 9.91. The molecule has 1 N–H and O–H groups in total. The molecule has 0 aromatic heterocycles. The monoisotopic (exact) mass is 276 g/mol. The summed E-state index contributed by atoms with van der Waals surface area (Å²) >= 11 is 0. The Kier molecular flexibility index (Phi) is 9.82. The molecule has 7 heteroatoms. The Morgan fingerprint density at radius 2 is 1.53 bits per heavy atom. The number of ether oxygens (including phenoxy) is 2.